The summed E-state index contributed by atoms with van der Waals surface area (Å²) in [5.41, 5.74) is 2.02. The molecule has 2 heterocycles. The Morgan fingerprint density at radius 1 is 1.02 bits per heavy atom. The fourth-order valence-corrected chi connectivity index (χ4v) is 6.62. The number of methoxy groups -OCH3 is 1. The average Bonchev–Trinajstić information content (AvgIpc) is 3.60. The van der Waals surface area contributed by atoms with E-state index in [9.17, 15) is 14.7 Å². The van der Waals surface area contributed by atoms with Gasteiger partial charge in [0.05, 0.1) is 47.3 Å². The van der Waals surface area contributed by atoms with Gasteiger partial charge in [0.25, 0.3) is 0 Å². The zero-order chi connectivity index (χ0) is 31.7. The number of hydrogen-bond donors (Lipinski definition) is 1. The molecule has 9 nitrogen and oxygen atoms in total. The van der Waals surface area contributed by atoms with Gasteiger partial charge in [-0.3, -0.25) is 14.5 Å². The highest BCUT2D eigenvalue weighted by molar-refractivity contribution is 5.79. The third-order valence-corrected chi connectivity index (χ3v) is 8.98. The van der Waals surface area contributed by atoms with E-state index in [4.69, 9.17) is 14.2 Å². The van der Waals surface area contributed by atoms with Crippen molar-refractivity contribution >= 4 is 11.9 Å². The number of amides is 1. The smallest absolute Gasteiger partial charge is 0.308 e. The van der Waals surface area contributed by atoms with E-state index in [2.05, 4.69) is 39.0 Å². The normalized spacial score (nSPS) is 19.7. The third-order valence-electron chi connectivity index (χ3n) is 8.98. The van der Waals surface area contributed by atoms with Crippen LogP contribution in [0, 0.1) is 5.92 Å². The summed E-state index contributed by atoms with van der Waals surface area (Å²) in [6.45, 7) is 5.58. The number of quaternary nitrogens is 1. The average molecular weight is 611 g/mol. The van der Waals surface area contributed by atoms with Gasteiger partial charge in [-0.2, -0.15) is 0 Å². The first-order chi connectivity index (χ1) is 21.1. The van der Waals surface area contributed by atoms with Crippen molar-refractivity contribution < 1.29 is 33.4 Å². The van der Waals surface area contributed by atoms with Crippen LogP contribution in [0.5, 0.6) is 17.2 Å². The summed E-state index contributed by atoms with van der Waals surface area (Å²) in [7, 11) is 8.25. The number of unbranched alkanes of at least 4 members (excludes halogenated alkanes) is 2. The molecule has 4 rings (SSSR count). The van der Waals surface area contributed by atoms with E-state index in [0.717, 1.165) is 79.5 Å². The van der Waals surface area contributed by atoms with Crippen molar-refractivity contribution in [1.29, 1.82) is 0 Å². The quantitative estimate of drug-likeness (QED) is 0.199. The molecule has 44 heavy (non-hydrogen) atoms. The predicted octanol–water partition coefficient (Wildman–Crippen LogP) is 5.03. The molecular weight excluding hydrogens is 558 g/mol. The molecule has 1 amide bonds. The Morgan fingerprint density at radius 2 is 1.77 bits per heavy atom. The van der Waals surface area contributed by atoms with Gasteiger partial charge in [0.2, 0.25) is 12.7 Å². The second kappa shape index (κ2) is 15.6. The standard InChI is InChI=1S/C35H51N3O6/c1-6-7-19-36(20-10-11-21-38(2,3)4)33(39)24-37-23-28(27-17-18-31-32(22-27)44-25-43-31)34(35(40)41)29(37)15-12-14-26-13-8-9-16-30(26)42-5/h8-9,13,16-18,22,28-29,34H,6-7,10-12,14-15,19-21,23-25H2,1-5H3/p+1/t28-,29+,34?/m1/s1. The summed E-state index contributed by atoms with van der Waals surface area (Å²) in [5.74, 6) is 0.524. The minimum Gasteiger partial charge on any atom is -0.496 e. The van der Waals surface area contributed by atoms with Crippen molar-refractivity contribution in [2.45, 2.75) is 63.8 Å². The molecule has 0 bridgehead atoms. The zero-order valence-corrected chi connectivity index (χ0v) is 27.3. The molecule has 0 saturated carbocycles. The fourth-order valence-electron chi connectivity index (χ4n) is 6.62. The van der Waals surface area contributed by atoms with Crippen LogP contribution in [-0.4, -0.2) is 105 Å². The Labute approximate surface area is 263 Å². The van der Waals surface area contributed by atoms with Crippen LogP contribution in [0.2, 0.25) is 0 Å². The molecule has 242 valence electrons. The van der Waals surface area contributed by atoms with Crippen molar-refractivity contribution in [3.63, 3.8) is 0 Å². The van der Waals surface area contributed by atoms with Gasteiger partial charge < -0.3 is 28.7 Å². The van der Waals surface area contributed by atoms with Crippen LogP contribution < -0.4 is 14.2 Å². The number of aryl methyl sites for hydroxylation is 1. The Morgan fingerprint density at radius 3 is 2.50 bits per heavy atom. The third kappa shape index (κ3) is 8.88. The van der Waals surface area contributed by atoms with E-state index in [1.807, 2.05) is 41.3 Å². The number of carboxylic acids is 1. The number of carbonyl (C=O) groups is 2. The molecule has 2 aromatic carbocycles. The van der Waals surface area contributed by atoms with E-state index < -0.39 is 11.9 Å². The molecule has 0 radical (unpaired) electrons. The molecule has 2 aliphatic rings. The van der Waals surface area contributed by atoms with Crippen molar-refractivity contribution in [3.05, 3.63) is 53.6 Å². The molecule has 9 heteroatoms. The summed E-state index contributed by atoms with van der Waals surface area (Å²) >= 11 is 0. The topological polar surface area (TPSA) is 88.5 Å². The van der Waals surface area contributed by atoms with E-state index in [0.29, 0.717) is 24.5 Å². The van der Waals surface area contributed by atoms with E-state index in [-0.39, 0.29) is 31.2 Å². The molecule has 0 spiro atoms. The maximum absolute atomic E-state index is 13.9. The highest BCUT2D eigenvalue weighted by Crippen LogP contribution is 2.43. The van der Waals surface area contributed by atoms with Crippen LogP contribution in [0.25, 0.3) is 0 Å². The fraction of sp³-hybridized carbons (Fsp3) is 0.600. The van der Waals surface area contributed by atoms with Crippen LogP contribution in [0.4, 0.5) is 0 Å². The number of aliphatic carboxylic acids is 1. The van der Waals surface area contributed by atoms with Gasteiger partial charge in [-0.1, -0.05) is 37.6 Å². The summed E-state index contributed by atoms with van der Waals surface area (Å²) < 4.78 is 17.6. The number of nitrogens with zero attached hydrogens (tertiary/aromatic N) is 3. The van der Waals surface area contributed by atoms with Crippen molar-refractivity contribution in [2.75, 3.05) is 67.8 Å². The van der Waals surface area contributed by atoms with Crippen LogP contribution >= 0.6 is 0 Å². The maximum Gasteiger partial charge on any atom is 0.308 e. The number of ether oxygens (including phenoxy) is 3. The van der Waals surface area contributed by atoms with Gasteiger partial charge in [-0.25, -0.2) is 0 Å². The van der Waals surface area contributed by atoms with E-state index in [1.54, 1.807) is 7.11 Å². The Hall–Kier alpha value is -3.30. The molecule has 1 saturated heterocycles. The SMILES string of the molecule is CCCCN(CCCC[N+](C)(C)C)C(=O)CN1C[C@H](c2ccc3c(c2)OCO3)C(C(=O)O)[C@@H]1CCCc1ccccc1OC. The summed E-state index contributed by atoms with van der Waals surface area (Å²) in [5, 5.41) is 10.6. The van der Waals surface area contributed by atoms with Crippen LogP contribution in [0.15, 0.2) is 42.5 Å². The maximum atomic E-state index is 13.9. The van der Waals surface area contributed by atoms with E-state index in [1.165, 1.54) is 0 Å². The lowest BCUT2D eigenvalue weighted by Gasteiger charge is -2.30. The monoisotopic (exact) mass is 610 g/mol. The Kier molecular flexibility index (Phi) is 11.9. The molecule has 1 fully saturated rings. The first-order valence-corrected chi connectivity index (χ1v) is 16.2. The number of para-hydroxylation sites is 1. The second-order valence-corrected chi connectivity index (χ2v) is 13.2. The van der Waals surface area contributed by atoms with Gasteiger partial charge in [0.1, 0.15) is 5.75 Å². The largest absolute Gasteiger partial charge is 0.496 e. The first-order valence-electron chi connectivity index (χ1n) is 16.2. The second-order valence-electron chi connectivity index (χ2n) is 13.2. The molecule has 3 atom stereocenters. The van der Waals surface area contributed by atoms with Crippen molar-refractivity contribution in [2.24, 2.45) is 5.92 Å². The summed E-state index contributed by atoms with van der Waals surface area (Å²) in [6.07, 6.45) is 6.23. The minimum absolute atomic E-state index is 0.0916. The summed E-state index contributed by atoms with van der Waals surface area (Å²) in [6, 6.07) is 13.4. The number of hydrogen-bond acceptors (Lipinski definition) is 6. The van der Waals surface area contributed by atoms with Crippen molar-refractivity contribution in [3.8, 4) is 17.2 Å². The molecule has 1 N–H and O–H groups in total. The lowest BCUT2D eigenvalue weighted by Crippen LogP contribution is -2.45. The first kappa shape index (κ1) is 33.6. The van der Waals surface area contributed by atoms with Crippen LogP contribution in [-0.2, 0) is 16.0 Å². The van der Waals surface area contributed by atoms with Crippen molar-refractivity contribution in [1.82, 2.24) is 9.80 Å². The highest BCUT2D eigenvalue weighted by Gasteiger charge is 2.47. The molecule has 0 aliphatic carbocycles. The summed E-state index contributed by atoms with van der Waals surface area (Å²) in [4.78, 5) is 31.0. The molecule has 2 aliphatic heterocycles. The van der Waals surface area contributed by atoms with Crippen LogP contribution in [0.1, 0.15) is 62.5 Å². The van der Waals surface area contributed by atoms with Gasteiger partial charge in [-0.05, 0) is 67.9 Å². The number of rotatable bonds is 17. The van der Waals surface area contributed by atoms with Crippen LogP contribution in [0.3, 0.4) is 0 Å². The van der Waals surface area contributed by atoms with E-state index >= 15 is 0 Å². The molecule has 1 unspecified atom stereocenters. The molecular formula is C35H52N3O6+. The zero-order valence-electron chi connectivity index (χ0n) is 27.3. The molecule has 0 aromatic heterocycles. The molecule has 2 aromatic rings. The van der Waals surface area contributed by atoms with Gasteiger partial charge >= 0.3 is 5.97 Å². The van der Waals surface area contributed by atoms with Gasteiger partial charge in [0, 0.05) is 31.6 Å². The van der Waals surface area contributed by atoms with Gasteiger partial charge in [0.15, 0.2) is 11.5 Å². The minimum atomic E-state index is -0.826. The Bertz CT molecular complexity index is 1250. The predicted molar refractivity (Wildman–Crippen MR) is 171 cm³/mol. The lowest BCUT2D eigenvalue weighted by atomic mass is 9.83. The lowest BCUT2D eigenvalue weighted by molar-refractivity contribution is -0.870. The van der Waals surface area contributed by atoms with Gasteiger partial charge in [-0.15, -0.1) is 0 Å². The highest BCUT2D eigenvalue weighted by atomic mass is 16.7. The number of carboxylic acid groups (broad SMARTS) is 1. The number of carbonyl (C=O) groups excluding carboxylic acids is 1. The number of likely N-dealkylation sites (tertiary alicyclic amines) is 1. The Balaban J connectivity index is 1.53. The number of fused-ring (bicyclic) bond motifs is 1. The number of benzene rings is 2.